The van der Waals surface area contributed by atoms with Gasteiger partial charge < -0.3 is 10.6 Å². The van der Waals surface area contributed by atoms with E-state index in [9.17, 15) is 14.0 Å². The zero-order valence-corrected chi connectivity index (χ0v) is 22.2. The highest BCUT2D eigenvalue weighted by atomic mass is 35.5. The minimum absolute atomic E-state index is 0.0113. The summed E-state index contributed by atoms with van der Waals surface area (Å²) in [5.41, 5.74) is 3.58. The minimum atomic E-state index is -0.419. The summed E-state index contributed by atoms with van der Waals surface area (Å²) in [6.07, 6.45) is 0. The molecule has 3 aromatic carbocycles. The van der Waals surface area contributed by atoms with Gasteiger partial charge >= 0.3 is 0 Å². The number of aryl methyl sites for hydroxylation is 2. The molecule has 1 heterocycles. The fourth-order valence-corrected chi connectivity index (χ4v) is 4.74. The van der Waals surface area contributed by atoms with E-state index >= 15 is 0 Å². The highest BCUT2D eigenvalue weighted by Crippen LogP contribution is 2.24. The second-order valence-electron chi connectivity index (χ2n) is 8.17. The Hall–Kier alpha value is -3.40. The molecule has 0 aliphatic carbocycles. The van der Waals surface area contributed by atoms with E-state index in [1.165, 1.54) is 36.0 Å². The van der Waals surface area contributed by atoms with Gasteiger partial charge in [0.05, 0.1) is 22.9 Å². The SMILES string of the molecule is Cc1ccc(C)c(NC(=O)CSc2nnc(CNC(=O)c3ccc(Cl)cc3Cl)n2-c2ccc(F)cc2)c1. The summed E-state index contributed by atoms with van der Waals surface area (Å²) in [5.74, 6) is -0.565. The number of amides is 2. The quantitative estimate of drug-likeness (QED) is 0.260. The van der Waals surface area contributed by atoms with Crippen molar-refractivity contribution in [2.75, 3.05) is 11.1 Å². The molecule has 4 rings (SSSR count). The van der Waals surface area contributed by atoms with Gasteiger partial charge in [-0.3, -0.25) is 14.2 Å². The van der Waals surface area contributed by atoms with Crippen LogP contribution in [0, 0.1) is 19.7 Å². The van der Waals surface area contributed by atoms with Crippen LogP contribution in [0.1, 0.15) is 27.3 Å². The average molecular weight is 558 g/mol. The number of hydrogen-bond donors (Lipinski definition) is 2. The first-order valence-electron chi connectivity index (χ1n) is 11.1. The minimum Gasteiger partial charge on any atom is -0.345 e. The summed E-state index contributed by atoms with van der Waals surface area (Å²) in [6.45, 7) is 3.89. The number of hydrogen-bond acceptors (Lipinski definition) is 5. The third-order valence-electron chi connectivity index (χ3n) is 5.37. The molecular weight excluding hydrogens is 536 g/mol. The molecule has 0 fully saturated rings. The van der Waals surface area contributed by atoms with Crippen molar-refractivity contribution >= 4 is 52.5 Å². The van der Waals surface area contributed by atoms with Gasteiger partial charge in [-0.2, -0.15) is 0 Å². The van der Waals surface area contributed by atoms with Gasteiger partial charge in [-0.05, 0) is 73.5 Å². The molecule has 37 heavy (non-hydrogen) atoms. The monoisotopic (exact) mass is 557 g/mol. The molecule has 0 saturated heterocycles. The van der Waals surface area contributed by atoms with Crippen molar-refractivity contribution < 1.29 is 14.0 Å². The zero-order valence-electron chi connectivity index (χ0n) is 19.9. The number of halogens is 3. The first-order chi connectivity index (χ1) is 17.7. The number of anilines is 1. The van der Waals surface area contributed by atoms with Crippen LogP contribution in [-0.2, 0) is 11.3 Å². The molecule has 0 aliphatic heterocycles. The molecule has 0 saturated carbocycles. The molecule has 0 spiro atoms. The maximum Gasteiger partial charge on any atom is 0.253 e. The van der Waals surface area contributed by atoms with Crippen molar-refractivity contribution in [3.63, 3.8) is 0 Å². The van der Waals surface area contributed by atoms with Crippen LogP contribution >= 0.6 is 35.0 Å². The summed E-state index contributed by atoms with van der Waals surface area (Å²) in [5, 5.41) is 15.1. The Balaban J connectivity index is 1.52. The molecule has 0 unspecified atom stereocenters. The lowest BCUT2D eigenvalue weighted by Gasteiger charge is -2.12. The highest BCUT2D eigenvalue weighted by Gasteiger charge is 2.18. The van der Waals surface area contributed by atoms with E-state index in [2.05, 4.69) is 20.8 Å². The highest BCUT2D eigenvalue weighted by molar-refractivity contribution is 7.99. The predicted molar refractivity (Wildman–Crippen MR) is 144 cm³/mol. The maximum atomic E-state index is 13.6. The molecule has 2 amide bonds. The van der Waals surface area contributed by atoms with Crippen molar-refractivity contribution in [2.45, 2.75) is 25.5 Å². The van der Waals surface area contributed by atoms with Gasteiger partial charge in [-0.1, -0.05) is 47.1 Å². The fraction of sp³-hybridized carbons (Fsp3) is 0.154. The zero-order chi connectivity index (χ0) is 26.5. The third-order valence-corrected chi connectivity index (χ3v) is 6.84. The van der Waals surface area contributed by atoms with Crippen LogP contribution in [0.25, 0.3) is 5.69 Å². The van der Waals surface area contributed by atoms with Gasteiger partial charge in [-0.15, -0.1) is 10.2 Å². The summed E-state index contributed by atoms with van der Waals surface area (Å²) in [4.78, 5) is 25.3. The number of benzene rings is 3. The van der Waals surface area contributed by atoms with Crippen molar-refractivity contribution in [3.8, 4) is 5.69 Å². The second kappa shape index (κ2) is 11.8. The van der Waals surface area contributed by atoms with Crippen molar-refractivity contribution in [1.82, 2.24) is 20.1 Å². The van der Waals surface area contributed by atoms with Gasteiger partial charge in [0.2, 0.25) is 5.91 Å². The third kappa shape index (κ3) is 6.68. The summed E-state index contributed by atoms with van der Waals surface area (Å²) in [7, 11) is 0. The predicted octanol–water partition coefficient (Wildman–Crippen LogP) is 5.99. The van der Waals surface area contributed by atoms with Gasteiger partial charge in [0, 0.05) is 16.4 Å². The lowest BCUT2D eigenvalue weighted by Crippen LogP contribution is -2.25. The van der Waals surface area contributed by atoms with Crippen LogP contribution in [-0.4, -0.2) is 32.3 Å². The number of rotatable bonds is 8. The van der Waals surface area contributed by atoms with Crippen LogP contribution < -0.4 is 10.6 Å². The number of nitrogens with zero attached hydrogens (tertiary/aromatic N) is 3. The number of thioether (sulfide) groups is 1. The number of aromatic nitrogens is 3. The van der Waals surface area contributed by atoms with Gasteiger partial charge in [-0.25, -0.2) is 4.39 Å². The Morgan fingerprint density at radius 3 is 2.49 bits per heavy atom. The first-order valence-corrected chi connectivity index (χ1v) is 12.9. The average Bonchev–Trinajstić information content (AvgIpc) is 3.27. The molecule has 7 nitrogen and oxygen atoms in total. The molecule has 11 heteroatoms. The molecule has 0 atom stereocenters. The maximum absolute atomic E-state index is 13.6. The van der Waals surface area contributed by atoms with Gasteiger partial charge in [0.15, 0.2) is 11.0 Å². The molecule has 190 valence electrons. The van der Waals surface area contributed by atoms with Crippen LogP contribution in [0.4, 0.5) is 10.1 Å². The molecular formula is C26H22Cl2FN5O2S. The first kappa shape index (κ1) is 26.7. The second-order valence-corrected chi connectivity index (χ2v) is 9.96. The standard InChI is InChI=1S/C26H22Cl2FN5O2S/c1-15-3-4-16(2)22(11-15)31-24(35)14-37-26-33-32-23(34(26)19-8-6-18(29)7-9-19)13-30-25(36)20-10-5-17(27)12-21(20)28/h3-12H,13-14H2,1-2H3,(H,30,36)(H,31,35). The summed E-state index contributed by atoms with van der Waals surface area (Å²) in [6, 6.07) is 16.2. The van der Waals surface area contributed by atoms with Crippen LogP contribution in [0.3, 0.4) is 0 Å². The van der Waals surface area contributed by atoms with Crippen molar-refractivity contribution in [3.05, 3.63) is 99.0 Å². The number of carbonyl (C=O) groups excluding carboxylic acids is 2. The van der Waals surface area contributed by atoms with E-state index in [0.717, 1.165) is 16.8 Å². The van der Waals surface area contributed by atoms with Gasteiger partial charge in [0.25, 0.3) is 5.91 Å². The van der Waals surface area contributed by atoms with Gasteiger partial charge in [0.1, 0.15) is 5.82 Å². The van der Waals surface area contributed by atoms with E-state index in [1.807, 2.05) is 32.0 Å². The topological polar surface area (TPSA) is 88.9 Å². The Morgan fingerprint density at radius 1 is 1.00 bits per heavy atom. The lowest BCUT2D eigenvalue weighted by atomic mass is 10.1. The fourth-order valence-electron chi connectivity index (χ4n) is 3.47. The Morgan fingerprint density at radius 2 is 1.76 bits per heavy atom. The summed E-state index contributed by atoms with van der Waals surface area (Å²) < 4.78 is 15.2. The van der Waals surface area contributed by atoms with E-state index < -0.39 is 11.7 Å². The van der Waals surface area contributed by atoms with E-state index in [4.69, 9.17) is 23.2 Å². The molecule has 0 bridgehead atoms. The van der Waals surface area contributed by atoms with Crippen molar-refractivity contribution in [2.24, 2.45) is 0 Å². The number of carbonyl (C=O) groups is 2. The summed E-state index contributed by atoms with van der Waals surface area (Å²) >= 11 is 13.2. The molecule has 1 aromatic heterocycles. The van der Waals surface area contributed by atoms with Crippen LogP contribution in [0.5, 0.6) is 0 Å². The molecule has 4 aromatic rings. The van der Waals surface area contributed by atoms with E-state index in [-0.39, 0.29) is 28.8 Å². The Kier molecular flexibility index (Phi) is 8.48. The normalized spacial score (nSPS) is 10.8. The largest absolute Gasteiger partial charge is 0.345 e. The molecule has 2 N–H and O–H groups in total. The Bertz CT molecular complexity index is 1460. The van der Waals surface area contributed by atoms with E-state index in [0.29, 0.717) is 21.7 Å². The smallest absolute Gasteiger partial charge is 0.253 e. The van der Waals surface area contributed by atoms with E-state index in [1.54, 1.807) is 22.8 Å². The van der Waals surface area contributed by atoms with Crippen LogP contribution in [0.15, 0.2) is 65.8 Å². The molecule has 0 radical (unpaired) electrons. The van der Waals surface area contributed by atoms with Crippen molar-refractivity contribution in [1.29, 1.82) is 0 Å². The van der Waals surface area contributed by atoms with Crippen LogP contribution in [0.2, 0.25) is 10.0 Å². The lowest BCUT2D eigenvalue weighted by molar-refractivity contribution is -0.113. The molecule has 0 aliphatic rings. The number of nitrogens with one attached hydrogen (secondary N) is 2. The Labute approximate surface area is 227 Å².